The van der Waals surface area contributed by atoms with E-state index >= 15 is 0 Å². The van der Waals surface area contributed by atoms with Crippen LogP contribution in [0.1, 0.15) is 25.8 Å². The van der Waals surface area contributed by atoms with Crippen molar-refractivity contribution < 1.29 is 4.74 Å². The average Bonchev–Trinajstić information content (AvgIpc) is 2.42. The molecule has 1 aromatic rings. The maximum atomic E-state index is 5.22. The highest BCUT2D eigenvalue weighted by atomic mass is 16.5. The van der Waals surface area contributed by atoms with Gasteiger partial charge in [0.25, 0.3) is 0 Å². The summed E-state index contributed by atoms with van der Waals surface area (Å²) in [5.74, 6) is 0.709. The minimum atomic E-state index is 0.639. The van der Waals surface area contributed by atoms with Gasteiger partial charge in [0.05, 0.1) is 7.11 Å². The third-order valence-electron chi connectivity index (χ3n) is 3.34. The van der Waals surface area contributed by atoms with Crippen LogP contribution in [0.5, 0.6) is 5.88 Å². The van der Waals surface area contributed by atoms with Gasteiger partial charge < -0.3 is 15.0 Å². The minimum absolute atomic E-state index is 0.639. The summed E-state index contributed by atoms with van der Waals surface area (Å²) >= 11 is 0. The molecule has 4 nitrogen and oxygen atoms in total. The number of ether oxygens (including phenoxy) is 1. The number of hydrogen-bond donors (Lipinski definition) is 1. The molecule has 4 heteroatoms. The smallest absolute Gasteiger partial charge is 0.217 e. The summed E-state index contributed by atoms with van der Waals surface area (Å²) in [6, 6.07) is 4.61. The standard InChI is InChI=1S/C14H25N3O/c1-5-12(2)17(3)10-9-15-11-13-7-6-8-16-14(13)18-4/h6-8,12,15H,5,9-11H2,1-4H3. The Morgan fingerprint density at radius 1 is 1.50 bits per heavy atom. The molecule has 1 heterocycles. The molecule has 0 spiro atoms. The van der Waals surface area contributed by atoms with E-state index in [1.807, 2.05) is 12.1 Å². The predicted molar refractivity (Wildman–Crippen MR) is 74.9 cm³/mol. The average molecular weight is 251 g/mol. The van der Waals surface area contributed by atoms with Gasteiger partial charge in [-0.1, -0.05) is 13.0 Å². The molecule has 0 radical (unpaired) electrons. The van der Waals surface area contributed by atoms with Crippen molar-refractivity contribution in [1.29, 1.82) is 0 Å². The van der Waals surface area contributed by atoms with Gasteiger partial charge in [-0.05, 0) is 26.5 Å². The highest BCUT2D eigenvalue weighted by molar-refractivity contribution is 5.24. The molecule has 1 atom stereocenters. The number of aromatic nitrogens is 1. The maximum Gasteiger partial charge on any atom is 0.217 e. The maximum absolute atomic E-state index is 5.22. The molecule has 1 rings (SSSR count). The lowest BCUT2D eigenvalue weighted by Gasteiger charge is -2.23. The number of pyridine rings is 1. The normalized spacial score (nSPS) is 12.7. The van der Waals surface area contributed by atoms with Gasteiger partial charge in [-0.25, -0.2) is 4.98 Å². The molecule has 1 aromatic heterocycles. The largest absolute Gasteiger partial charge is 0.481 e. The zero-order valence-corrected chi connectivity index (χ0v) is 11.9. The van der Waals surface area contributed by atoms with E-state index in [1.165, 1.54) is 6.42 Å². The van der Waals surface area contributed by atoms with Crippen molar-refractivity contribution in [3.63, 3.8) is 0 Å². The molecular weight excluding hydrogens is 226 g/mol. The second kappa shape index (κ2) is 8.06. The molecule has 1 unspecified atom stereocenters. The van der Waals surface area contributed by atoms with Crippen molar-refractivity contribution in [3.05, 3.63) is 23.9 Å². The summed E-state index contributed by atoms with van der Waals surface area (Å²) in [5, 5.41) is 3.42. The van der Waals surface area contributed by atoms with Crippen LogP contribution in [0.3, 0.4) is 0 Å². The van der Waals surface area contributed by atoms with Crippen LogP contribution in [0.2, 0.25) is 0 Å². The van der Waals surface area contributed by atoms with Crippen molar-refractivity contribution in [1.82, 2.24) is 15.2 Å². The Hall–Kier alpha value is -1.13. The Morgan fingerprint density at radius 3 is 2.94 bits per heavy atom. The van der Waals surface area contributed by atoms with Crippen molar-refractivity contribution in [2.45, 2.75) is 32.9 Å². The highest BCUT2D eigenvalue weighted by Gasteiger charge is 2.06. The molecule has 102 valence electrons. The summed E-state index contributed by atoms with van der Waals surface area (Å²) in [4.78, 5) is 6.55. The number of hydrogen-bond acceptors (Lipinski definition) is 4. The van der Waals surface area contributed by atoms with E-state index in [2.05, 4.69) is 36.1 Å². The second-order valence-electron chi connectivity index (χ2n) is 4.59. The third kappa shape index (κ3) is 4.63. The van der Waals surface area contributed by atoms with Gasteiger partial charge in [0.15, 0.2) is 0 Å². The van der Waals surface area contributed by atoms with Crippen LogP contribution in [-0.2, 0) is 6.54 Å². The Bertz CT molecular complexity index is 344. The van der Waals surface area contributed by atoms with Gasteiger partial charge in [-0.2, -0.15) is 0 Å². The van der Waals surface area contributed by atoms with E-state index in [0.717, 1.165) is 25.2 Å². The Balaban J connectivity index is 2.29. The van der Waals surface area contributed by atoms with Crippen LogP contribution in [0.4, 0.5) is 0 Å². The van der Waals surface area contributed by atoms with E-state index in [9.17, 15) is 0 Å². The molecule has 0 aromatic carbocycles. The Morgan fingerprint density at radius 2 is 2.28 bits per heavy atom. The molecule has 1 N–H and O–H groups in total. The zero-order chi connectivity index (χ0) is 13.4. The highest BCUT2D eigenvalue weighted by Crippen LogP contribution is 2.12. The van der Waals surface area contributed by atoms with Gasteiger partial charge in [-0.15, -0.1) is 0 Å². The summed E-state index contributed by atoms with van der Waals surface area (Å²) < 4.78 is 5.22. The molecule has 0 aliphatic carbocycles. The van der Waals surface area contributed by atoms with E-state index in [4.69, 9.17) is 4.74 Å². The number of methoxy groups -OCH3 is 1. The molecule has 0 saturated heterocycles. The summed E-state index contributed by atoms with van der Waals surface area (Å²) in [5.41, 5.74) is 1.10. The van der Waals surface area contributed by atoms with Crippen molar-refractivity contribution in [2.24, 2.45) is 0 Å². The molecule has 0 amide bonds. The molecule has 0 aliphatic heterocycles. The fourth-order valence-corrected chi connectivity index (χ4v) is 1.75. The van der Waals surface area contributed by atoms with E-state index in [0.29, 0.717) is 11.9 Å². The number of likely N-dealkylation sites (N-methyl/N-ethyl adjacent to an activating group) is 1. The SMILES string of the molecule is CCC(C)N(C)CCNCc1cccnc1OC. The molecular formula is C14H25N3O. The Labute approximate surface area is 110 Å². The Kier molecular flexibility index (Phi) is 6.68. The molecule has 0 bridgehead atoms. The van der Waals surface area contributed by atoms with Crippen LogP contribution < -0.4 is 10.1 Å². The van der Waals surface area contributed by atoms with Crippen LogP contribution in [-0.4, -0.2) is 43.2 Å². The zero-order valence-electron chi connectivity index (χ0n) is 11.9. The van der Waals surface area contributed by atoms with Crippen molar-refractivity contribution in [2.75, 3.05) is 27.2 Å². The van der Waals surface area contributed by atoms with Crippen LogP contribution in [0, 0.1) is 0 Å². The quantitative estimate of drug-likeness (QED) is 0.716. The summed E-state index contributed by atoms with van der Waals surface area (Å²) in [6.45, 7) is 7.29. The monoisotopic (exact) mass is 251 g/mol. The topological polar surface area (TPSA) is 37.4 Å². The number of nitrogens with zero attached hydrogens (tertiary/aromatic N) is 2. The van der Waals surface area contributed by atoms with Gasteiger partial charge in [-0.3, -0.25) is 0 Å². The van der Waals surface area contributed by atoms with Crippen LogP contribution in [0.15, 0.2) is 18.3 Å². The van der Waals surface area contributed by atoms with Crippen molar-refractivity contribution in [3.8, 4) is 5.88 Å². The first-order valence-corrected chi connectivity index (χ1v) is 6.57. The summed E-state index contributed by atoms with van der Waals surface area (Å²) in [6.07, 6.45) is 2.94. The first-order valence-electron chi connectivity index (χ1n) is 6.57. The fourth-order valence-electron chi connectivity index (χ4n) is 1.75. The van der Waals surface area contributed by atoms with E-state index in [1.54, 1.807) is 13.3 Å². The van der Waals surface area contributed by atoms with Gasteiger partial charge in [0.1, 0.15) is 0 Å². The third-order valence-corrected chi connectivity index (χ3v) is 3.34. The molecule has 0 saturated carbocycles. The lowest BCUT2D eigenvalue weighted by atomic mass is 10.2. The van der Waals surface area contributed by atoms with E-state index < -0.39 is 0 Å². The lowest BCUT2D eigenvalue weighted by molar-refractivity contribution is 0.251. The predicted octanol–water partition coefficient (Wildman–Crippen LogP) is 1.91. The first kappa shape index (κ1) is 14.9. The molecule has 0 fully saturated rings. The molecule has 0 aliphatic rings. The van der Waals surface area contributed by atoms with Gasteiger partial charge in [0.2, 0.25) is 5.88 Å². The fraction of sp³-hybridized carbons (Fsp3) is 0.643. The van der Waals surface area contributed by atoms with Crippen LogP contribution >= 0.6 is 0 Å². The number of rotatable bonds is 8. The molecule has 18 heavy (non-hydrogen) atoms. The second-order valence-corrected chi connectivity index (χ2v) is 4.59. The van der Waals surface area contributed by atoms with E-state index in [-0.39, 0.29) is 0 Å². The van der Waals surface area contributed by atoms with Gasteiger partial charge >= 0.3 is 0 Å². The first-order chi connectivity index (χ1) is 8.69. The van der Waals surface area contributed by atoms with Crippen LogP contribution in [0.25, 0.3) is 0 Å². The lowest BCUT2D eigenvalue weighted by Crippen LogP contribution is -2.34. The van der Waals surface area contributed by atoms with Gasteiger partial charge in [0, 0.05) is 37.4 Å². The number of nitrogens with one attached hydrogen (secondary N) is 1. The minimum Gasteiger partial charge on any atom is -0.481 e. The van der Waals surface area contributed by atoms with Crippen molar-refractivity contribution >= 4 is 0 Å². The summed E-state index contributed by atoms with van der Waals surface area (Å²) in [7, 11) is 3.82.